The zero-order valence-electron chi connectivity index (χ0n) is 13.0. The van der Waals surface area contributed by atoms with Crippen LogP contribution in [-0.2, 0) is 6.61 Å². The summed E-state index contributed by atoms with van der Waals surface area (Å²) in [6.45, 7) is 4.31. The molecule has 0 saturated heterocycles. The molecule has 0 amide bonds. The molecule has 2 rings (SSSR count). The Morgan fingerprint density at radius 1 is 1.26 bits per heavy atom. The predicted molar refractivity (Wildman–Crippen MR) is 94.2 cm³/mol. The summed E-state index contributed by atoms with van der Waals surface area (Å²) in [6, 6.07) is 10.2. The fourth-order valence-corrected chi connectivity index (χ4v) is 2.25. The summed E-state index contributed by atoms with van der Waals surface area (Å²) < 4.78 is 18.8. The van der Waals surface area contributed by atoms with Crippen LogP contribution >= 0.6 is 12.2 Å². The zero-order valence-corrected chi connectivity index (χ0v) is 13.8. The zero-order chi connectivity index (χ0) is 16.8. The number of hydrogen-bond donors (Lipinski definition) is 2. The van der Waals surface area contributed by atoms with Gasteiger partial charge in [-0.2, -0.15) is 5.10 Å². The van der Waals surface area contributed by atoms with E-state index in [1.165, 1.54) is 12.1 Å². The Labute approximate surface area is 140 Å². The fraction of sp³-hybridized carbons (Fsp3) is 0.176. The normalized spacial score (nSPS) is 10.7. The summed E-state index contributed by atoms with van der Waals surface area (Å²) in [7, 11) is 0. The lowest BCUT2D eigenvalue weighted by atomic mass is 10.1. The first kappa shape index (κ1) is 16.9. The minimum absolute atomic E-state index is 0.119. The van der Waals surface area contributed by atoms with Crippen LogP contribution < -0.4 is 15.9 Å². The van der Waals surface area contributed by atoms with Crippen LogP contribution in [0.2, 0.25) is 0 Å². The molecule has 6 heteroatoms. The third kappa shape index (κ3) is 5.03. The van der Waals surface area contributed by atoms with Crippen molar-refractivity contribution in [1.29, 1.82) is 0 Å². The van der Waals surface area contributed by atoms with Crippen LogP contribution in [0.5, 0.6) is 5.75 Å². The quantitative estimate of drug-likeness (QED) is 0.502. The molecule has 2 aromatic carbocycles. The first-order valence-corrected chi connectivity index (χ1v) is 7.43. The summed E-state index contributed by atoms with van der Waals surface area (Å²) in [5, 5.41) is 4.06. The van der Waals surface area contributed by atoms with Gasteiger partial charge in [-0.15, -0.1) is 0 Å². The second-order valence-corrected chi connectivity index (χ2v) is 5.57. The third-order valence-corrected chi connectivity index (χ3v) is 3.26. The van der Waals surface area contributed by atoms with Gasteiger partial charge < -0.3 is 10.5 Å². The molecule has 0 unspecified atom stereocenters. The van der Waals surface area contributed by atoms with Gasteiger partial charge in [0.2, 0.25) is 0 Å². The molecular weight excluding hydrogens is 313 g/mol. The molecule has 0 radical (unpaired) electrons. The average molecular weight is 331 g/mol. The number of ether oxygens (including phenoxy) is 1. The van der Waals surface area contributed by atoms with Crippen LogP contribution in [0.4, 0.5) is 4.39 Å². The number of thiocarbonyl (C=S) groups is 1. The van der Waals surface area contributed by atoms with Crippen LogP contribution in [0.1, 0.15) is 22.3 Å². The number of benzene rings is 2. The summed E-state index contributed by atoms with van der Waals surface area (Å²) >= 11 is 4.68. The van der Waals surface area contributed by atoms with E-state index >= 15 is 0 Å². The minimum atomic E-state index is -0.254. The van der Waals surface area contributed by atoms with Gasteiger partial charge in [0, 0.05) is 0 Å². The third-order valence-electron chi connectivity index (χ3n) is 3.17. The van der Waals surface area contributed by atoms with Crippen LogP contribution in [0.15, 0.2) is 41.5 Å². The highest BCUT2D eigenvalue weighted by molar-refractivity contribution is 7.80. The average Bonchev–Trinajstić information content (AvgIpc) is 2.48. The smallest absolute Gasteiger partial charge is 0.184 e. The highest BCUT2D eigenvalue weighted by atomic mass is 32.1. The van der Waals surface area contributed by atoms with Crippen LogP contribution in [-0.4, -0.2) is 11.3 Å². The molecule has 0 heterocycles. The highest BCUT2D eigenvalue weighted by Crippen LogP contribution is 2.25. The Bertz CT molecular complexity index is 706. The van der Waals surface area contributed by atoms with Crippen molar-refractivity contribution in [3.63, 3.8) is 0 Å². The van der Waals surface area contributed by atoms with Crippen molar-refractivity contribution < 1.29 is 9.13 Å². The molecule has 0 fully saturated rings. The number of hydrazone groups is 1. The SMILES string of the molecule is Cc1cc(/C=N\NC(N)=S)cc(C)c1OCc1ccc(F)cc1. The number of nitrogens with one attached hydrogen (secondary N) is 1. The Balaban J connectivity index is 2.09. The van der Waals surface area contributed by atoms with E-state index < -0.39 is 0 Å². The number of aryl methyl sites for hydroxylation is 2. The fourth-order valence-electron chi connectivity index (χ4n) is 2.19. The van der Waals surface area contributed by atoms with E-state index in [0.717, 1.165) is 28.0 Å². The lowest BCUT2D eigenvalue weighted by Gasteiger charge is -2.13. The van der Waals surface area contributed by atoms with Gasteiger partial charge in [0.1, 0.15) is 18.2 Å². The monoisotopic (exact) mass is 331 g/mol. The molecule has 3 N–H and O–H groups in total. The van der Waals surface area contributed by atoms with Gasteiger partial charge >= 0.3 is 0 Å². The minimum Gasteiger partial charge on any atom is -0.488 e. The molecule has 0 aliphatic rings. The van der Waals surface area contributed by atoms with Crippen LogP contribution in [0.3, 0.4) is 0 Å². The molecule has 2 aromatic rings. The van der Waals surface area contributed by atoms with Crippen molar-refractivity contribution >= 4 is 23.5 Å². The standard InChI is InChI=1S/C17H18FN3OS/c1-11-7-14(9-20-21-17(19)23)8-12(2)16(11)22-10-13-3-5-15(18)6-4-13/h3-9H,10H2,1-2H3,(H3,19,21,23)/b20-9-. The van der Waals surface area contributed by atoms with Gasteiger partial charge in [-0.05, 0) is 72.6 Å². The number of nitrogens with zero attached hydrogens (tertiary/aromatic N) is 1. The molecule has 0 saturated carbocycles. The Morgan fingerprint density at radius 3 is 2.43 bits per heavy atom. The number of nitrogens with two attached hydrogens (primary N) is 1. The van der Waals surface area contributed by atoms with E-state index in [2.05, 4.69) is 22.7 Å². The van der Waals surface area contributed by atoms with Gasteiger partial charge in [-0.1, -0.05) is 12.1 Å². The molecule has 0 aliphatic heterocycles. The Hall–Kier alpha value is -2.47. The molecule has 0 atom stereocenters. The first-order valence-electron chi connectivity index (χ1n) is 7.02. The molecule has 4 nitrogen and oxygen atoms in total. The molecule has 0 bridgehead atoms. The second-order valence-electron chi connectivity index (χ2n) is 5.13. The Kier molecular flexibility index (Phi) is 5.65. The number of rotatable bonds is 5. The van der Waals surface area contributed by atoms with Gasteiger partial charge in [0.05, 0.1) is 6.21 Å². The summed E-state index contributed by atoms with van der Waals surface area (Å²) in [5.74, 6) is 0.559. The van der Waals surface area contributed by atoms with Crippen molar-refractivity contribution in [2.75, 3.05) is 0 Å². The maximum absolute atomic E-state index is 12.9. The van der Waals surface area contributed by atoms with E-state index in [9.17, 15) is 4.39 Å². The van der Waals surface area contributed by atoms with E-state index in [1.54, 1.807) is 18.3 Å². The molecule has 0 aliphatic carbocycles. The van der Waals surface area contributed by atoms with Crippen molar-refractivity contribution in [3.05, 3.63) is 64.5 Å². The topological polar surface area (TPSA) is 59.6 Å². The summed E-state index contributed by atoms with van der Waals surface area (Å²) in [4.78, 5) is 0. The molecule has 23 heavy (non-hydrogen) atoms. The van der Waals surface area contributed by atoms with E-state index in [0.29, 0.717) is 6.61 Å². The van der Waals surface area contributed by atoms with Gasteiger partial charge in [0.25, 0.3) is 0 Å². The van der Waals surface area contributed by atoms with Crippen LogP contribution in [0, 0.1) is 19.7 Å². The second kappa shape index (κ2) is 7.69. The number of halogens is 1. The Morgan fingerprint density at radius 2 is 1.87 bits per heavy atom. The van der Waals surface area contributed by atoms with Crippen molar-refractivity contribution in [2.24, 2.45) is 10.8 Å². The maximum atomic E-state index is 12.9. The summed E-state index contributed by atoms with van der Waals surface area (Å²) in [5.41, 5.74) is 11.6. The largest absolute Gasteiger partial charge is 0.488 e. The molecule has 0 aromatic heterocycles. The molecule has 0 spiro atoms. The first-order chi connectivity index (χ1) is 11.0. The van der Waals surface area contributed by atoms with Gasteiger partial charge in [-0.25, -0.2) is 4.39 Å². The van der Waals surface area contributed by atoms with Gasteiger partial charge in [-0.3, -0.25) is 5.43 Å². The van der Waals surface area contributed by atoms with E-state index in [-0.39, 0.29) is 10.9 Å². The summed E-state index contributed by atoms with van der Waals surface area (Å²) in [6.07, 6.45) is 1.64. The number of hydrogen-bond acceptors (Lipinski definition) is 3. The van der Waals surface area contributed by atoms with Crippen molar-refractivity contribution in [1.82, 2.24) is 5.43 Å². The van der Waals surface area contributed by atoms with Crippen molar-refractivity contribution in [3.8, 4) is 5.75 Å². The van der Waals surface area contributed by atoms with E-state index in [4.69, 9.17) is 10.5 Å². The highest BCUT2D eigenvalue weighted by Gasteiger charge is 2.06. The van der Waals surface area contributed by atoms with Crippen molar-refractivity contribution in [2.45, 2.75) is 20.5 Å². The van der Waals surface area contributed by atoms with Gasteiger partial charge in [0.15, 0.2) is 5.11 Å². The molecule has 120 valence electrons. The molecular formula is C17H18FN3OS. The lowest BCUT2D eigenvalue weighted by molar-refractivity contribution is 0.302. The maximum Gasteiger partial charge on any atom is 0.184 e. The lowest BCUT2D eigenvalue weighted by Crippen LogP contribution is -2.24. The predicted octanol–water partition coefficient (Wildman–Crippen LogP) is 3.19. The van der Waals surface area contributed by atoms with E-state index in [1.807, 2.05) is 26.0 Å². The van der Waals surface area contributed by atoms with Crippen LogP contribution in [0.25, 0.3) is 0 Å².